The summed E-state index contributed by atoms with van der Waals surface area (Å²) >= 11 is 7.19. The molecule has 0 atom stereocenters. The molecule has 0 aliphatic heterocycles. The van der Waals surface area contributed by atoms with Gasteiger partial charge in [0.15, 0.2) is 0 Å². The van der Waals surface area contributed by atoms with E-state index < -0.39 is 5.97 Å². The summed E-state index contributed by atoms with van der Waals surface area (Å²) in [5, 5.41) is 10.4. The summed E-state index contributed by atoms with van der Waals surface area (Å²) in [6.45, 7) is 0. The van der Waals surface area contributed by atoms with Crippen LogP contribution in [0.2, 0.25) is 5.02 Å². The van der Waals surface area contributed by atoms with Gasteiger partial charge >= 0.3 is 5.97 Å². The Morgan fingerprint density at radius 1 is 1.09 bits per heavy atom. The second kappa shape index (κ2) is 6.48. The average molecular weight is 348 g/mol. The molecule has 23 heavy (non-hydrogen) atoms. The van der Waals surface area contributed by atoms with E-state index in [1.54, 1.807) is 36.4 Å². The van der Waals surface area contributed by atoms with E-state index in [1.165, 1.54) is 23.5 Å². The van der Waals surface area contributed by atoms with Crippen molar-refractivity contribution in [1.82, 2.24) is 4.98 Å². The SMILES string of the molecule is O=C(O)Cc1sc(-c2ccc(F)cc2)nc1-c1ccc(Cl)cc1. The molecule has 1 heterocycles. The largest absolute Gasteiger partial charge is 0.481 e. The first-order valence-electron chi connectivity index (χ1n) is 6.76. The van der Waals surface area contributed by atoms with Crippen molar-refractivity contribution in [2.45, 2.75) is 6.42 Å². The predicted octanol–water partition coefficient (Wildman–Crippen LogP) is 4.90. The van der Waals surface area contributed by atoms with Crippen molar-refractivity contribution in [3.8, 4) is 21.8 Å². The van der Waals surface area contributed by atoms with E-state index in [2.05, 4.69) is 4.98 Å². The Kier molecular flexibility index (Phi) is 4.41. The number of hydrogen-bond acceptors (Lipinski definition) is 3. The first-order valence-corrected chi connectivity index (χ1v) is 7.96. The Hall–Kier alpha value is -2.24. The van der Waals surface area contributed by atoms with Crippen LogP contribution in [0.25, 0.3) is 21.8 Å². The summed E-state index contributed by atoms with van der Waals surface area (Å²) in [6, 6.07) is 13.0. The molecule has 2 aromatic carbocycles. The van der Waals surface area contributed by atoms with Gasteiger partial charge in [-0.25, -0.2) is 9.37 Å². The zero-order valence-corrected chi connectivity index (χ0v) is 13.4. The molecule has 0 saturated carbocycles. The number of carboxylic acids is 1. The highest BCUT2D eigenvalue weighted by molar-refractivity contribution is 7.15. The maximum atomic E-state index is 13.1. The highest BCUT2D eigenvalue weighted by atomic mass is 35.5. The maximum absolute atomic E-state index is 13.1. The minimum atomic E-state index is -0.922. The fourth-order valence-electron chi connectivity index (χ4n) is 2.16. The molecule has 0 unspecified atom stereocenters. The van der Waals surface area contributed by atoms with Gasteiger partial charge in [-0.3, -0.25) is 4.79 Å². The number of thiazole rings is 1. The normalized spacial score (nSPS) is 10.7. The van der Waals surface area contributed by atoms with Crippen molar-refractivity contribution >= 4 is 28.9 Å². The van der Waals surface area contributed by atoms with Gasteiger partial charge in [0.2, 0.25) is 0 Å². The second-order valence-corrected chi connectivity index (χ2v) is 6.40. The first-order chi connectivity index (χ1) is 11.0. The quantitative estimate of drug-likeness (QED) is 0.730. The Morgan fingerprint density at radius 2 is 1.70 bits per heavy atom. The molecule has 0 spiro atoms. The van der Waals surface area contributed by atoms with E-state index >= 15 is 0 Å². The summed E-state index contributed by atoms with van der Waals surface area (Å²) in [7, 11) is 0. The lowest BCUT2D eigenvalue weighted by molar-refractivity contribution is -0.136. The number of aromatic nitrogens is 1. The number of hydrogen-bond donors (Lipinski definition) is 1. The number of aliphatic carboxylic acids is 1. The molecule has 3 nitrogen and oxygen atoms in total. The van der Waals surface area contributed by atoms with E-state index in [4.69, 9.17) is 16.7 Å². The van der Waals surface area contributed by atoms with Crippen LogP contribution in [0.5, 0.6) is 0 Å². The molecule has 1 N–H and O–H groups in total. The summed E-state index contributed by atoms with van der Waals surface area (Å²) in [5.41, 5.74) is 2.17. The van der Waals surface area contributed by atoms with Crippen LogP contribution in [-0.4, -0.2) is 16.1 Å². The molecule has 6 heteroatoms. The third kappa shape index (κ3) is 3.57. The highest BCUT2D eigenvalue weighted by Gasteiger charge is 2.16. The lowest BCUT2D eigenvalue weighted by Gasteiger charge is -2.00. The number of carboxylic acid groups (broad SMARTS) is 1. The van der Waals surface area contributed by atoms with Gasteiger partial charge in [0, 0.05) is 21.0 Å². The van der Waals surface area contributed by atoms with Crippen molar-refractivity contribution in [3.63, 3.8) is 0 Å². The lowest BCUT2D eigenvalue weighted by Crippen LogP contribution is -1.99. The molecule has 0 amide bonds. The minimum Gasteiger partial charge on any atom is -0.481 e. The van der Waals surface area contributed by atoms with Crippen molar-refractivity contribution in [3.05, 3.63) is 64.2 Å². The van der Waals surface area contributed by atoms with Crippen LogP contribution in [0.15, 0.2) is 48.5 Å². The van der Waals surface area contributed by atoms with Crippen LogP contribution in [-0.2, 0) is 11.2 Å². The Labute approximate surface area is 141 Å². The summed E-state index contributed by atoms with van der Waals surface area (Å²) in [6.07, 6.45) is -0.114. The van der Waals surface area contributed by atoms with Crippen molar-refractivity contribution in [2.75, 3.05) is 0 Å². The lowest BCUT2D eigenvalue weighted by atomic mass is 10.1. The van der Waals surface area contributed by atoms with E-state index in [1.807, 2.05) is 0 Å². The number of halogens is 2. The molecular formula is C17H11ClFNO2S. The molecule has 0 saturated heterocycles. The Balaban J connectivity index is 2.08. The van der Waals surface area contributed by atoms with Gasteiger partial charge in [-0.1, -0.05) is 23.7 Å². The number of benzene rings is 2. The molecule has 0 radical (unpaired) electrons. The van der Waals surface area contributed by atoms with Gasteiger partial charge in [0.25, 0.3) is 0 Å². The van der Waals surface area contributed by atoms with Gasteiger partial charge in [-0.15, -0.1) is 11.3 Å². The van der Waals surface area contributed by atoms with E-state index in [0.717, 1.165) is 11.1 Å². The van der Waals surface area contributed by atoms with Crippen LogP contribution in [0.4, 0.5) is 4.39 Å². The monoisotopic (exact) mass is 347 g/mol. The maximum Gasteiger partial charge on any atom is 0.308 e. The second-order valence-electron chi connectivity index (χ2n) is 4.88. The summed E-state index contributed by atoms with van der Waals surface area (Å²) in [4.78, 5) is 16.3. The fraction of sp³-hybridized carbons (Fsp3) is 0.0588. The number of rotatable bonds is 4. The Morgan fingerprint density at radius 3 is 2.30 bits per heavy atom. The average Bonchev–Trinajstić information content (AvgIpc) is 2.92. The zero-order valence-electron chi connectivity index (χ0n) is 11.8. The molecule has 1 aromatic heterocycles. The van der Waals surface area contributed by atoms with Crippen LogP contribution < -0.4 is 0 Å². The van der Waals surface area contributed by atoms with Crippen molar-refractivity contribution in [2.24, 2.45) is 0 Å². The van der Waals surface area contributed by atoms with Gasteiger partial charge < -0.3 is 5.11 Å². The number of carbonyl (C=O) groups is 1. The smallest absolute Gasteiger partial charge is 0.308 e. The van der Waals surface area contributed by atoms with Crippen LogP contribution >= 0.6 is 22.9 Å². The zero-order chi connectivity index (χ0) is 16.4. The molecule has 3 rings (SSSR count). The van der Waals surface area contributed by atoms with Gasteiger partial charge in [0.1, 0.15) is 10.8 Å². The number of nitrogens with zero attached hydrogens (tertiary/aromatic N) is 1. The molecule has 0 fully saturated rings. The van der Waals surface area contributed by atoms with Crippen LogP contribution in [0.3, 0.4) is 0 Å². The van der Waals surface area contributed by atoms with Gasteiger partial charge in [0.05, 0.1) is 12.1 Å². The van der Waals surface area contributed by atoms with E-state index in [-0.39, 0.29) is 12.2 Å². The first kappa shape index (κ1) is 15.6. The third-order valence-electron chi connectivity index (χ3n) is 3.22. The predicted molar refractivity (Wildman–Crippen MR) is 89.3 cm³/mol. The Bertz CT molecular complexity index is 844. The molecule has 0 aliphatic rings. The fourth-order valence-corrected chi connectivity index (χ4v) is 3.36. The molecule has 0 aliphatic carbocycles. The van der Waals surface area contributed by atoms with Crippen LogP contribution in [0, 0.1) is 5.82 Å². The molecular weight excluding hydrogens is 337 g/mol. The molecule has 0 bridgehead atoms. The van der Waals surface area contributed by atoms with Crippen molar-refractivity contribution < 1.29 is 14.3 Å². The van der Waals surface area contributed by atoms with Crippen molar-refractivity contribution in [1.29, 1.82) is 0 Å². The molecule has 116 valence electrons. The summed E-state index contributed by atoms with van der Waals surface area (Å²) < 4.78 is 13.1. The standard InChI is InChI=1S/C17H11ClFNO2S/c18-12-5-1-10(2-6-12)16-14(9-15(21)22)23-17(20-16)11-3-7-13(19)8-4-11/h1-8H,9H2,(H,21,22). The highest BCUT2D eigenvalue weighted by Crippen LogP contribution is 2.34. The van der Waals surface area contributed by atoms with E-state index in [0.29, 0.717) is 20.6 Å². The van der Waals surface area contributed by atoms with Gasteiger partial charge in [-0.2, -0.15) is 0 Å². The topological polar surface area (TPSA) is 50.2 Å². The third-order valence-corrected chi connectivity index (χ3v) is 4.57. The van der Waals surface area contributed by atoms with E-state index in [9.17, 15) is 9.18 Å². The summed E-state index contributed by atoms with van der Waals surface area (Å²) in [5.74, 6) is -1.25. The van der Waals surface area contributed by atoms with Crippen LogP contribution in [0.1, 0.15) is 4.88 Å². The molecule has 3 aromatic rings. The van der Waals surface area contributed by atoms with Gasteiger partial charge in [-0.05, 0) is 36.4 Å². The minimum absolute atomic E-state index is 0.114.